The number of aliphatic hydroxyl groups excluding tert-OH is 1. The minimum Gasteiger partial charge on any atom is -0.457 e. The Morgan fingerprint density at radius 1 is 1.14 bits per heavy atom. The van der Waals surface area contributed by atoms with E-state index in [1.165, 1.54) is 6.92 Å². The molecule has 10 atom stereocenters. The van der Waals surface area contributed by atoms with Crippen molar-refractivity contribution in [2.24, 2.45) is 29.1 Å². The van der Waals surface area contributed by atoms with E-state index < -0.39 is 52.5 Å². The first-order valence-corrected chi connectivity index (χ1v) is 13.3. The number of carbonyl (C=O) groups excluding carboxylic acids is 2. The Morgan fingerprint density at radius 3 is 2.46 bits per heavy atom. The SMILES string of the molecule is CC(=O)OC1/C=C\C(C)(O)CC(C)C/C=C/C2C(O)C(C)(O)C(C)C3C(Cc4ccccc4)NC(=O)C123. The van der Waals surface area contributed by atoms with Crippen molar-refractivity contribution in [2.75, 3.05) is 0 Å². The lowest BCUT2D eigenvalue weighted by atomic mass is 9.48. The van der Waals surface area contributed by atoms with E-state index in [9.17, 15) is 24.9 Å². The van der Waals surface area contributed by atoms with Gasteiger partial charge in [0.15, 0.2) is 0 Å². The number of carbonyl (C=O) groups is 2. The smallest absolute Gasteiger partial charge is 0.303 e. The topological polar surface area (TPSA) is 116 Å². The normalized spacial score (nSPS) is 45.5. The number of hydrogen-bond acceptors (Lipinski definition) is 6. The summed E-state index contributed by atoms with van der Waals surface area (Å²) in [6, 6.07) is 9.44. The van der Waals surface area contributed by atoms with Crippen molar-refractivity contribution in [3.8, 4) is 0 Å². The fraction of sp³-hybridized carbons (Fsp3) is 0.600. The molecular formula is C30H41NO6. The van der Waals surface area contributed by atoms with Crippen molar-refractivity contribution in [2.45, 2.75) is 83.3 Å². The highest BCUT2D eigenvalue weighted by atomic mass is 16.5. The van der Waals surface area contributed by atoms with Crippen LogP contribution in [-0.2, 0) is 20.7 Å². The summed E-state index contributed by atoms with van der Waals surface area (Å²) in [4.78, 5) is 26.6. The molecule has 0 bridgehead atoms. The van der Waals surface area contributed by atoms with Crippen LogP contribution in [0.5, 0.6) is 0 Å². The second kappa shape index (κ2) is 10.0. The lowest BCUT2D eigenvalue weighted by Gasteiger charge is -2.57. The molecule has 1 aromatic carbocycles. The second-order valence-electron chi connectivity index (χ2n) is 11.9. The predicted octanol–water partition coefficient (Wildman–Crippen LogP) is 2.93. The van der Waals surface area contributed by atoms with Gasteiger partial charge in [0.05, 0.1) is 17.3 Å². The summed E-state index contributed by atoms with van der Waals surface area (Å²) in [5, 5.41) is 37.5. The maximum Gasteiger partial charge on any atom is 0.303 e. The Balaban J connectivity index is 1.95. The number of rotatable bonds is 3. The fourth-order valence-electron chi connectivity index (χ4n) is 7.16. The predicted molar refractivity (Wildman–Crippen MR) is 140 cm³/mol. The van der Waals surface area contributed by atoms with Gasteiger partial charge in [-0.1, -0.05) is 62.4 Å². The maximum absolute atomic E-state index is 14.2. The summed E-state index contributed by atoms with van der Waals surface area (Å²) in [6.45, 7) is 8.50. The van der Waals surface area contributed by atoms with E-state index in [4.69, 9.17) is 4.74 Å². The van der Waals surface area contributed by atoms with E-state index in [1.807, 2.05) is 56.3 Å². The zero-order valence-corrected chi connectivity index (χ0v) is 22.4. The van der Waals surface area contributed by atoms with Crippen LogP contribution in [-0.4, -0.2) is 56.6 Å². The summed E-state index contributed by atoms with van der Waals surface area (Å²) < 4.78 is 5.87. The molecule has 2 aliphatic carbocycles. The standard InChI is InChI=1S/C30H41NO6/c1-18-10-9-13-22-26(33)29(5,36)19(2)25-23(16-21-11-7-6-8-12-21)31-27(34)30(22,25)24(37-20(3)32)14-15-28(4,35)17-18/h6-9,11-15,18-19,22-26,33,35-36H,10,16-17H2,1-5H3,(H,31,34)/b13-9+,15-14-. The van der Waals surface area contributed by atoms with Gasteiger partial charge >= 0.3 is 5.97 Å². The van der Waals surface area contributed by atoms with Crippen LogP contribution in [0.2, 0.25) is 0 Å². The lowest BCUT2D eigenvalue weighted by Crippen LogP contribution is -2.68. The first kappa shape index (κ1) is 27.6. The molecule has 37 heavy (non-hydrogen) atoms. The van der Waals surface area contributed by atoms with Crippen molar-refractivity contribution in [3.05, 3.63) is 60.2 Å². The molecule has 10 unspecified atom stereocenters. The van der Waals surface area contributed by atoms with E-state index in [0.717, 1.165) is 5.56 Å². The van der Waals surface area contributed by atoms with Crippen LogP contribution >= 0.6 is 0 Å². The van der Waals surface area contributed by atoms with Gasteiger partial charge in [-0.05, 0) is 56.6 Å². The largest absolute Gasteiger partial charge is 0.457 e. The van der Waals surface area contributed by atoms with Crippen LogP contribution in [0.1, 0.15) is 53.0 Å². The van der Waals surface area contributed by atoms with Crippen LogP contribution in [0.3, 0.4) is 0 Å². The third-order valence-corrected chi connectivity index (χ3v) is 8.98. The molecule has 7 nitrogen and oxygen atoms in total. The Morgan fingerprint density at radius 2 is 1.81 bits per heavy atom. The molecule has 4 N–H and O–H groups in total. The molecular weight excluding hydrogens is 470 g/mol. The number of hydrogen-bond donors (Lipinski definition) is 4. The summed E-state index contributed by atoms with van der Waals surface area (Å²) in [6.07, 6.45) is 6.27. The van der Waals surface area contributed by atoms with Gasteiger partial charge in [0, 0.05) is 24.8 Å². The van der Waals surface area contributed by atoms with Crippen molar-refractivity contribution in [1.29, 1.82) is 0 Å². The lowest BCUT2D eigenvalue weighted by molar-refractivity contribution is -0.217. The van der Waals surface area contributed by atoms with Gasteiger partial charge in [0.1, 0.15) is 11.5 Å². The van der Waals surface area contributed by atoms with Crippen molar-refractivity contribution < 1.29 is 29.6 Å². The van der Waals surface area contributed by atoms with Crippen LogP contribution in [0.15, 0.2) is 54.6 Å². The zero-order chi connectivity index (χ0) is 27.2. The van der Waals surface area contributed by atoms with Gasteiger partial charge in [0.2, 0.25) is 5.91 Å². The third-order valence-electron chi connectivity index (χ3n) is 8.98. The number of nitrogens with one attached hydrogen (secondary N) is 1. The number of ether oxygens (including phenoxy) is 1. The number of amides is 1. The summed E-state index contributed by atoms with van der Waals surface area (Å²) in [7, 11) is 0. The highest BCUT2D eigenvalue weighted by Gasteiger charge is 2.72. The van der Waals surface area contributed by atoms with E-state index in [0.29, 0.717) is 19.3 Å². The highest BCUT2D eigenvalue weighted by Crippen LogP contribution is 2.60. The molecule has 2 fully saturated rings. The Bertz CT molecular complexity index is 1060. The van der Waals surface area contributed by atoms with Gasteiger partial charge in [-0.2, -0.15) is 0 Å². The number of esters is 1. The monoisotopic (exact) mass is 511 g/mol. The van der Waals surface area contributed by atoms with E-state index in [2.05, 4.69) is 5.32 Å². The average molecular weight is 512 g/mol. The number of aliphatic hydroxyl groups is 3. The van der Waals surface area contributed by atoms with Crippen LogP contribution in [0, 0.1) is 29.1 Å². The van der Waals surface area contributed by atoms with Gasteiger partial charge in [-0.3, -0.25) is 9.59 Å². The van der Waals surface area contributed by atoms with Crippen molar-refractivity contribution in [3.63, 3.8) is 0 Å². The Kier molecular flexibility index (Phi) is 7.45. The van der Waals surface area contributed by atoms with E-state index in [1.54, 1.807) is 26.0 Å². The zero-order valence-electron chi connectivity index (χ0n) is 22.4. The van der Waals surface area contributed by atoms with Crippen LogP contribution in [0.25, 0.3) is 0 Å². The van der Waals surface area contributed by atoms with Gasteiger partial charge in [0.25, 0.3) is 0 Å². The van der Waals surface area contributed by atoms with Crippen LogP contribution in [0.4, 0.5) is 0 Å². The first-order valence-electron chi connectivity index (χ1n) is 13.3. The number of allylic oxidation sites excluding steroid dienone is 1. The first-order chi connectivity index (χ1) is 17.3. The molecule has 1 saturated carbocycles. The molecule has 0 radical (unpaired) electrons. The highest BCUT2D eigenvalue weighted by molar-refractivity contribution is 5.89. The molecule has 1 aliphatic heterocycles. The molecule has 4 rings (SSSR count). The van der Waals surface area contributed by atoms with Crippen molar-refractivity contribution in [1.82, 2.24) is 5.32 Å². The molecule has 1 saturated heterocycles. The molecule has 3 aliphatic rings. The fourth-order valence-corrected chi connectivity index (χ4v) is 7.16. The second-order valence-corrected chi connectivity index (χ2v) is 11.9. The number of benzene rings is 1. The molecule has 202 valence electrons. The van der Waals surface area contributed by atoms with Crippen LogP contribution < -0.4 is 5.32 Å². The summed E-state index contributed by atoms with van der Waals surface area (Å²) >= 11 is 0. The minimum atomic E-state index is -1.49. The minimum absolute atomic E-state index is 0.122. The van der Waals surface area contributed by atoms with Gasteiger partial charge in [-0.25, -0.2) is 0 Å². The van der Waals surface area contributed by atoms with E-state index >= 15 is 0 Å². The Hall–Kier alpha value is -2.48. The summed E-state index contributed by atoms with van der Waals surface area (Å²) in [5.74, 6) is -2.59. The van der Waals surface area contributed by atoms with E-state index in [-0.39, 0.29) is 17.9 Å². The van der Waals surface area contributed by atoms with Gasteiger partial charge < -0.3 is 25.4 Å². The van der Waals surface area contributed by atoms with Crippen molar-refractivity contribution >= 4 is 11.9 Å². The Labute approximate surface area is 219 Å². The molecule has 7 heteroatoms. The molecule has 0 aromatic heterocycles. The molecule has 1 spiro atoms. The summed E-state index contributed by atoms with van der Waals surface area (Å²) in [5.41, 5.74) is -3.03. The molecule has 1 aromatic rings. The maximum atomic E-state index is 14.2. The molecule has 1 amide bonds. The van der Waals surface area contributed by atoms with Gasteiger partial charge in [-0.15, -0.1) is 0 Å². The average Bonchev–Trinajstić information content (AvgIpc) is 3.08. The quantitative estimate of drug-likeness (QED) is 0.366. The third kappa shape index (κ3) is 4.89. The molecule has 1 heterocycles.